The Morgan fingerprint density at radius 3 is 2.10 bits per heavy atom. The molecule has 2 aliphatic carbocycles. The van der Waals surface area contributed by atoms with Gasteiger partial charge in [0.15, 0.2) is 11.5 Å². The normalized spacial score (nSPS) is 27.9. The van der Waals surface area contributed by atoms with Crippen molar-refractivity contribution in [3.05, 3.63) is 35.9 Å². The molecule has 0 saturated heterocycles. The van der Waals surface area contributed by atoms with Gasteiger partial charge in [0.1, 0.15) is 6.61 Å². The van der Waals surface area contributed by atoms with Crippen LogP contribution in [0, 0.1) is 35.3 Å². The van der Waals surface area contributed by atoms with Crippen LogP contribution in [-0.2, 0) is 0 Å². The highest BCUT2D eigenvalue weighted by atomic mass is 19.2. The zero-order valence-corrected chi connectivity index (χ0v) is 18.0. The average molecular weight is 407 g/mol. The van der Waals surface area contributed by atoms with E-state index in [1.165, 1.54) is 83.5 Å². The third-order valence-electron chi connectivity index (χ3n) is 7.05. The second-order valence-electron chi connectivity index (χ2n) is 8.88. The van der Waals surface area contributed by atoms with E-state index in [4.69, 9.17) is 9.47 Å². The van der Waals surface area contributed by atoms with Crippen molar-refractivity contribution in [3.63, 3.8) is 0 Å². The summed E-state index contributed by atoms with van der Waals surface area (Å²) >= 11 is 0. The van der Waals surface area contributed by atoms with E-state index in [-0.39, 0.29) is 18.1 Å². The molecule has 2 fully saturated rings. The lowest BCUT2D eigenvalue weighted by Crippen LogP contribution is -2.25. The van der Waals surface area contributed by atoms with E-state index >= 15 is 0 Å². The van der Waals surface area contributed by atoms with E-state index in [9.17, 15) is 8.78 Å². The van der Waals surface area contributed by atoms with Gasteiger partial charge in [-0.05, 0) is 74.3 Å². The highest BCUT2D eigenvalue weighted by molar-refractivity contribution is 5.35. The summed E-state index contributed by atoms with van der Waals surface area (Å²) < 4.78 is 37.8. The quantitative estimate of drug-likeness (QED) is 0.421. The highest BCUT2D eigenvalue weighted by Crippen LogP contribution is 2.42. The van der Waals surface area contributed by atoms with E-state index in [0.717, 1.165) is 17.8 Å². The molecule has 0 bridgehead atoms. The first-order chi connectivity index (χ1) is 14.1. The van der Waals surface area contributed by atoms with Gasteiger partial charge in [-0.1, -0.05) is 44.8 Å². The maximum absolute atomic E-state index is 13.9. The van der Waals surface area contributed by atoms with Crippen LogP contribution < -0.4 is 9.47 Å². The molecule has 0 spiro atoms. The van der Waals surface area contributed by atoms with Gasteiger partial charge in [0.05, 0.1) is 7.11 Å². The molecule has 0 radical (unpaired) electrons. The zero-order valence-electron chi connectivity index (χ0n) is 18.0. The van der Waals surface area contributed by atoms with Crippen molar-refractivity contribution < 1.29 is 18.3 Å². The zero-order chi connectivity index (χ0) is 20.6. The van der Waals surface area contributed by atoms with Gasteiger partial charge in [-0.2, -0.15) is 8.78 Å². The van der Waals surface area contributed by atoms with Gasteiger partial charge < -0.3 is 9.47 Å². The Morgan fingerprint density at radius 2 is 1.48 bits per heavy atom. The smallest absolute Gasteiger partial charge is 0.204 e. The minimum Gasteiger partial charge on any atom is -0.494 e. The average Bonchev–Trinajstić information content (AvgIpc) is 2.75. The van der Waals surface area contributed by atoms with E-state index in [0.29, 0.717) is 5.92 Å². The Kier molecular flexibility index (Phi) is 8.38. The molecule has 29 heavy (non-hydrogen) atoms. The number of benzene rings is 1. The molecule has 0 aromatic heterocycles. The summed E-state index contributed by atoms with van der Waals surface area (Å²) in [6, 6.07) is 2.79. The molecule has 1 aromatic carbocycles. The van der Waals surface area contributed by atoms with Crippen LogP contribution >= 0.6 is 0 Å². The van der Waals surface area contributed by atoms with Crippen molar-refractivity contribution in [1.82, 2.24) is 0 Å². The van der Waals surface area contributed by atoms with E-state index in [1.54, 1.807) is 0 Å². The summed E-state index contributed by atoms with van der Waals surface area (Å²) in [5.74, 6) is 1.25. The monoisotopic (exact) mass is 406 g/mol. The van der Waals surface area contributed by atoms with E-state index < -0.39 is 11.6 Å². The molecule has 0 amide bonds. The molecule has 2 nitrogen and oxygen atoms in total. The number of hydrogen-bond acceptors (Lipinski definition) is 2. The third kappa shape index (κ3) is 5.96. The minimum atomic E-state index is -1.00. The van der Waals surface area contributed by atoms with Crippen molar-refractivity contribution in [2.75, 3.05) is 13.7 Å². The number of rotatable bonds is 8. The summed E-state index contributed by atoms with van der Waals surface area (Å²) in [5, 5.41) is 0. The third-order valence-corrected chi connectivity index (χ3v) is 7.05. The predicted octanol–water partition coefficient (Wildman–Crippen LogP) is 7.32. The molecule has 2 aliphatic rings. The van der Waals surface area contributed by atoms with Crippen molar-refractivity contribution in [1.29, 1.82) is 0 Å². The molecule has 3 rings (SSSR count). The van der Waals surface area contributed by atoms with Crippen LogP contribution in [0.1, 0.15) is 71.1 Å². The molecule has 4 heteroatoms. The number of halogens is 2. The standard InChI is InChI=1S/C25H36F2O2/c1-3-5-18-7-11-20(12-8-18)21-13-9-19(10-14-21)6-4-17-29-23-16-15-22(28-2)24(26)25(23)27/h4,6,15-16,18-21H,3,5,7-14,17H2,1-2H3/b6-4+. The Morgan fingerprint density at radius 1 is 0.897 bits per heavy atom. The first-order valence-corrected chi connectivity index (χ1v) is 11.4. The highest BCUT2D eigenvalue weighted by Gasteiger charge is 2.30. The minimum absolute atomic E-state index is 0.0738. The maximum atomic E-state index is 13.9. The van der Waals surface area contributed by atoms with Crippen molar-refractivity contribution in [3.8, 4) is 11.5 Å². The number of ether oxygens (including phenoxy) is 2. The Hall–Kier alpha value is -1.58. The van der Waals surface area contributed by atoms with Gasteiger partial charge in [0.25, 0.3) is 0 Å². The van der Waals surface area contributed by atoms with Crippen LogP contribution in [0.5, 0.6) is 11.5 Å². The van der Waals surface area contributed by atoms with Gasteiger partial charge in [0, 0.05) is 0 Å². The molecular formula is C25H36F2O2. The summed E-state index contributed by atoms with van der Waals surface area (Å²) in [6.07, 6.45) is 17.8. The van der Waals surface area contributed by atoms with Gasteiger partial charge in [0.2, 0.25) is 11.6 Å². The molecule has 1 aromatic rings. The first-order valence-electron chi connectivity index (χ1n) is 11.4. The topological polar surface area (TPSA) is 18.5 Å². The fraction of sp³-hybridized carbons (Fsp3) is 0.680. The van der Waals surface area contributed by atoms with Crippen molar-refractivity contribution in [2.45, 2.75) is 71.1 Å². The SMILES string of the molecule is CCCC1CCC(C2CCC(/C=C/COc3ccc(OC)c(F)c3F)CC2)CC1. The molecule has 0 heterocycles. The largest absolute Gasteiger partial charge is 0.494 e. The Labute approximate surface area is 174 Å². The lowest BCUT2D eigenvalue weighted by molar-refractivity contribution is 0.152. The molecule has 2 saturated carbocycles. The van der Waals surface area contributed by atoms with Crippen LogP contribution in [0.3, 0.4) is 0 Å². The summed E-state index contributed by atoms with van der Waals surface area (Å²) in [4.78, 5) is 0. The van der Waals surface area contributed by atoms with Crippen LogP contribution in [0.25, 0.3) is 0 Å². The summed E-state index contributed by atoms with van der Waals surface area (Å²) in [7, 11) is 1.31. The molecule has 0 atom stereocenters. The van der Waals surface area contributed by atoms with Crippen LogP contribution in [0.4, 0.5) is 8.78 Å². The number of allylic oxidation sites excluding steroid dienone is 1. The van der Waals surface area contributed by atoms with Crippen molar-refractivity contribution >= 4 is 0 Å². The second-order valence-corrected chi connectivity index (χ2v) is 8.88. The molecular weight excluding hydrogens is 370 g/mol. The van der Waals surface area contributed by atoms with Crippen molar-refractivity contribution in [2.24, 2.45) is 23.7 Å². The number of hydrogen-bond donors (Lipinski definition) is 0. The van der Waals surface area contributed by atoms with Gasteiger partial charge in [-0.3, -0.25) is 0 Å². The van der Waals surface area contributed by atoms with Gasteiger partial charge in [-0.25, -0.2) is 0 Å². The first kappa shape index (κ1) is 22.1. The maximum Gasteiger partial charge on any atom is 0.204 e. The van der Waals surface area contributed by atoms with Crippen LogP contribution in [0.15, 0.2) is 24.3 Å². The predicted molar refractivity (Wildman–Crippen MR) is 113 cm³/mol. The van der Waals surface area contributed by atoms with E-state index in [1.807, 2.05) is 6.08 Å². The van der Waals surface area contributed by atoms with Gasteiger partial charge in [-0.15, -0.1) is 0 Å². The lowest BCUT2D eigenvalue weighted by Gasteiger charge is -2.37. The molecule has 162 valence electrons. The van der Waals surface area contributed by atoms with E-state index in [2.05, 4.69) is 13.0 Å². The summed E-state index contributed by atoms with van der Waals surface area (Å²) in [5.41, 5.74) is 0. The fourth-order valence-corrected chi connectivity index (χ4v) is 5.33. The number of methoxy groups -OCH3 is 1. The molecule has 0 unspecified atom stereocenters. The Balaban J connectivity index is 1.38. The molecule has 0 aliphatic heterocycles. The fourth-order valence-electron chi connectivity index (χ4n) is 5.33. The Bertz CT molecular complexity index is 657. The van der Waals surface area contributed by atoms with Gasteiger partial charge >= 0.3 is 0 Å². The summed E-state index contributed by atoms with van der Waals surface area (Å²) in [6.45, 7) is 2.56. The van der Waals surface area contributed by atoms with Crippen LogP contribution in [-0.4, -0.2) is 13.7 Å². The second kappa shape index (κ2) is 11.0. The molecule has 0 N–H and O–H groups in total. The lowest BCUT2D eigenvalue weighted by atomic mass is 9.69. The van der Waals surface area contributed by atoms with Crippen LogP contribution in [0.2, 0.25) is 0 Å².